The fourth-order valence-corrected chi connectivity index (χ4v) is 4.08. The van der Waals surface area contributed by atoms with E-state index in [-0.39, 0.29) is 11.8 Å². The minimum absolute atomic E-state index is 0.0695. The summed E-state index contributed by atoms with van der Waals surface area (Å²) in [6.07, 6.45) is 3.37. The number of piperidine rings is 1. The van der Waals surface area contributed by atoms with Gasteiger partial charge in [-0.15, -0.1) is 0 Å². The van der Waals surface area contributed by atoms with Crippen molar-refractivity contribution >= 4 is 28.5 Å². The van der Waals surface area contributed by atoms with E-state index < -0.39 is 0 Å². The molecule has 1 atom stereocenters. The van der Waals surface area contributed by atoms with Crippen LogP contribution in [0.5, 0.6) is 0 Å². The van der Waals surface area contributed by atoms with Gasteiger partial charge in [0.1, 0.15) is 17.9 Å². The van der Waals surface area contributed by atoms with Crippen LogP contribution >= 0.6 is 0 Å². The average molecular weight is 378 g/mol. The number of hydrogen-bond acceptors (Lipinski definition) is 5. The number of carbonyl (C=O) groups excluding carboxylic acids is 1. The maximum absolute atomic E-state index is 12.9. The fraction of sp³-hybridized carbons (Fsp3) is 0.409. The minimum Gasteiger partial charge on any atom is -0.443 e. The number of anilines is 2. The highest BCUT2D eigenvalue weighted by Crippen LogP contribution is 2.32. The lowest BCUT2D eigenvalue weighted by Crippen LogP contribution is -2.41. The van der Waals surface area contributed by atoms with Gasteiger partial charge >= 0.3 is 0 Å². The SMILES string of the molecule is Cc1cc(C)cc(NC(=O)C2CCCN(c3ncnc4oc(C)c(C)c34)C2)c1. The second-order valence-corrected chi connectivity index (χ2v) is 7.81. The van der Waals surface area contributed by atoms with E-state index in [0.717, 1.165) is 58.7 Å². The first kappa shape index (κ1) is 18.5. The number of aromatic nitrogens is 2. The summed E-state index contributed by atoms with van der Waals surface area (Å²) < 4.78 is 5.75. The monoisotopic (exact) mass is 378 g/mol. The summed E-state index contributed by atoms with van der Waals surface area (Å²) in [6.45, 7) is 9.58. The minimum atomic E-state index is -0.0760. The van der Waals surface area contributed by atoms with Gasteiger partial charge in [0.25, 0.3) is 0 Å². The predicted octanol–water partition coefficient (Wildman–Crippen LogP) is 4.31. The van der Waals surface area contributed by atoms with Gasteiger partial charge in [-0.25, -0.2) is 9.97 Å². The highest BCUT2D eigenvalue weighted by atomic mass is 16.3. The van der Waals surface area contributed by atoms with Crippen LogP contribution in [0.1, 0.15) is 35.3 Å². The summed E-state index contributed by atoms with van der Waals surface area (Å²) in [5.74, 6) is 1.72. The first-order valence-electron chi connectivity index (χ1n) is 9.77. The molecule has 28 heavy (non-hydrogen) atoms. The average Bonchev–Trinajstić information content (AvgIpc) is 2.95. The van der Waals surface area contributed by atoms with Crippen LogP contribution in [0.2, 0.25) is 0 Å². The van der Waals surface area contributed by atoms with E-state index in [1.165, 1.54) is 0 Å². The molecule has 1 fully saturated rings. The zero-order valence-electron chi connectivity index (χ0n) is 16.9. The normalized spacial score (nSPS) is 17.1. The van der Waals surface area contributed by atoms with Gasteiger partial charge in [0, 0.05) is 24.3 Å². The summed E-state index contributed by atoms with van der Waals surface area (Å²) in [6, 6.07) is 6.13. The highest BCUT2D eigenvalue weighted by molar-refractivity contribution is 5.94. The topological polar surface area (TPSA) is 71.3 Å². The van der Waals surface area contributed by atoms with Gasteiger partial charge in [-0.1, -0.05) is 6.07 Å². The Morgan fingerprint density at radius 2 is 1.89 bits per heavy atom. The molecular weight excluding hydrogens is 352 g/mol. The van der Waals surface area contributed by atoms with E-state index in [9.17, 15) is 4.79 Å². The predicted molar refractivity (Wildman–Crippen MR) is 111 cm³/mol. The number of rotatable bonds is 3. The number of aryl methyl sites for hydroxylation is 4. The van der Waals surface area contributed by atoms with Crippen molar-refractivity contribution in [2.45, 2.75) is 40.5 Å². The van der Waals surface area contributed by atoms with Gasteiger partial charge in [0.05, 0.1) is 11.3 Å². The molecule has 0 saturated carbocycles. The molecule has 1 saturated heterocycles. The molecule has 1 amide bonds. The molecule has 1 aromatic carbocycles. The lowest BCUT2D eigenvalue weighted by molar-refractivity contribution is -0.120. The van der Waals surface area contributed by atoms with E-state index in [0.29, 0.717) is 12.3 Å². The number of carbonyl (C=O) groups is 1. The van der Waals surface area contributed by atoms with E-state index in [2.05, 4.69) is 26.3 Å². The Labute approximate surface area is 165 Å². The van der Waals surface area contributed by atoms with Crippen molar-refractivity contribution in [3.05, 3.63) is 47.0 Å². The lowest BCUT2D eigenvalue weighted by Gasteiger charge is -2.33. The summed E-state index contributed by atoms with van der Waals surface area (Å²) in [5.41, 5.74) is 4.84. The van der Waals surface area contributed by atoms with E-state index >= 15 is 0 Å². The molecule has 3 heterocycles. The third-order valence-corrected chi connectivity index (χ3v) is 5.53. The van der Waals surface area contributed by atoms with E-state index in [1.807, 2.05) is 39.8 Å². The van der Waals surface area contributed by atoms with Gasteiger partial charge in [-0.05, 0) is 63.8 Å². The van der Waals surface area contributed by atoms with Gasteiger partial charge in [0.15, 0.2) is 0 Å². The third kappa shape index (κ3) is 3.46. The molecule has 6 heteroatoms. The molecule has 6 nitrogen and oxygen atoms in total. The quantitative estimate of drug-likeness (QED) is 0.735. The summed E-state index contributed by atoms with van der Waals surface area (Å²) >= 11 is 0. The Balaban J connectivity index is 1.56. The van der Waals surface area contributed by atoms with Crippen LogP contribution in [-0.4, -0.2) is 29.0 Å². The Morgan fingerprint density at radius 3 is 2.64 bits per heavy atom. The molecule has 2 aromatic heterocycles. The zero-order valence-corrected chi connectivity index (χ0v) is 16.9. The highest BCUT2D eigenvalue weighted by Gasteiger charge is 2.28. The summed E-state index contributed by atoms with van der Waals surface area (Å²) in [7, 11) is 0. The Bertz CT molecular complexity index is 1020. The third-order valence-electron chi connectivity index (χ3n) is 5.53. The molecule has 3 aromatic rings. The second kappa shape index (κ2) is 7.26. The molecule has 1 aliphatic heterocycles. The Kier molecular flexibility index (Phi) is 4.79. The molecule has 4 rings (SSSR count). The number of hydrogen-bond donors (Lipinski definition) is 1. The molecule has 0 spiro atoms. The summed E-state index contributed by atoms with van der Waals surface area (Å²) in [5, 5.41) is 4.06. The Hall–Kier alpha value is -2.89. The van der Waals surface area contributed by atoms with Gasteiger partial charge in [-0.3, -0.25) is 4.79 Å². The van der Waals surface area contributed by atoms with Crippen LogP contribution in [0, 0.1) is 33.6 Å². The molecular formula is C22H26N4O2. The standard InChI is InChI=1S/C22H26N4O2/c1-13-8-14(2)10-18(9-13)25-21(27)17-6-5-7-26(11-17)20-19-15(3)16(4)28-22(19)24-12-23-20/h8-10,12,17H,5-7,11H2,1-4H3,(H,25,27). The van der Waals surface area contributed by atoms with Gasteiger partial charge in [-0.2, -0.15) is 0 Å². The molecule has 146 valence electrons. The van der Waals surface area contributed by atoms with Crippen molar-refractivity contribution in [1.82, 2.24) is 9.97 Å². The first-order valence-corrected chi connectivity index (χ1v) is 9.77. The van der Waals surface area contributed by atoms with E-state index in [4.69, 9.17) is 4.42 Å². The lowest BCUT2D eigenvalue weighted by atomic mass is 9.96. The van der Waals surface area contributed by atoms with Gasteiger partial charge < -0.3 is 14.6 Å². The number of nitrogens with zero attached hydrogens (tertiary/aromatic N) is 3. The number of furan rings is 1. The molecule has 1 unspecified atom stereocenters. The fourth-order valence-electron chi connectivity index (χ4n) is 4.08. The van der Waals surface area contributed by atoms with E-state index in [1.54, 1.807) is 6.33 Å². The van der Waals surface area contributed by atoms with Crippen molar-refractivity contribution in [2.24, 2.45) is 5.92 Å². The summed E-state index contributed by atoms with van der Waals surface area (Å²) in [4.78, 5) is 23.9. The van der Waals surface area contributed by atoms with Crippen LogP contribution in [0.15, 0.2) is 28.9 Å². The molecule has 1 N–H and O–H groups in total. The van der Waals surface area contributed by atoms with Crippen LogP contribution in [0.4, 0.5) is 11.5 Å². The smallest absolute Gasteiger partial charge is 0.231 e. The first-order chi connectivity index (χ1) is 13.4. The number of fused-ring (bicyclic) bond motifs is 1. The number of amides is 1. The van der Waals surface area contributed by atoms with Crippen LogP contribution in [-0.2, 0) is 4.79 Å². The van der Waals surface area contributed by atoms with Crippen molar-refractivity contribution in [2.75, 3.05) is 23.3 Å². The maximum atomic E-state index is 12.9. The van der Waals surface area contributed by atoms with Crippen LogP contribution < -0.4 is 10.2 Å². The van der Waals surface area contributed by atoms with Crippen molar-refractivity contribution in [3.63, 3.8) is 0 Å². The largest absolute Gasteiger partial charge is 0.443 e. The molecule has 1 aliphatic rings. The van der Waals surface area contributed by atoms with Crippen LogP contribution in [0.25, 0.3) is 11.1 Å². The molecule has 0 radical (unpaired) electrons. The maximum Gasteiger partial charge on any atom is 0.231 e. The molecule has 0 bridgehead atoms. The zero-order chi connectivity index (χ0) is 19.8. The van der Waals surface area contributed by atoms with Crippen molar-refractivity contribution < 1.29 is 9.21 Å². The number of benzene rings is 1. The van der Waals surface area contributed by atoms with Gasteiger partial charge in [0.2, 0.25) is 11.6 Å². The molecule has 0 aliphatic carbocycles. The number of nitrogens with one attached hydrogen (secondary N) is 1. The van der Waals surface area contributed by atoms with Crippen LogP contribution in [0.3, 0.4) is 0 Å². The Morgan fingerprint density at radius 1 is 1.14 bits per heavy atom. The van der Waals surface area contributed by atoms with Crippen molar-refractivity contribution in [3.8, 4) is 0 Å². The second-order valence-electron chi connectivity index (χ2n) is 7.81. The van der Waals surface area contributed by atoms with Crippen molar-refractivity contribution in [1.29, 1.82) is 0 Å².